The molecule has 0 aliphatic carbocycles. The second-order valence-electron chi connectivity index (χ2n) is 5.10. The van der Waals surface area contributed by atoms with Crippen molar-refractivity contribution >= 4 is 17.5 Å². The van der Waals surface area contributed by atoms with Crippen molar-refractivity contribution in [2.75, 3.05) is 12.3 Å². The highest BCUT2D eigenvalue weighted by atomic mass is 16.2. The topological polar surface area (TPSA) is 107 Å². The molecule has 0 spiro atoms. The number of aromatic nitrogens is 2. The Balaban J connectivity index is 2.34. The number of nitrogens with zero attached hydrogens (tertiary/aromatic N) is 3. The molecule has 1 aromatic heterocycles. The number of hydrogen-bond acceptors (Lipinski definition) is 4. The molecular weight excluding hydrogens is 258 g/mol. The Morgan fingerprint density at radius 1 is 1.40 bits per heavy atom. The number of likely N-dealkylation sites (tertiary alicyclic amines) is 1. The van der Waals surface area contributed by atoms with Crippen LogP contribution in [0.25, 0.3) is 0 Å². The van der Waals surface area contributed by atoms with Gasteiger partial charge >= 0.3 is 0 Å². The summed E-state index contributed by atoms with van der Waals surface area (Å²) in [7, 11) is 1.69. The van der Waals surface area contributed by atoms with Gasteiger partial charge < -0.3 is 16.4 Å². The molecule has 4 N–H and O–H groups in total. The average Bonchev–Trinajstić information content (AvgIpc) is 2.72. The van der Waals surface area contributed by atoms with Gasteiger partial charge in [0, 0.05) is 13.6 Å². The molecule has 2 amide bonds. The van der Waals surface area contributed by atoms with Crippen LogP contribution in [0.5, 0.6) is 0 Å². The minimum Gasteiger partial charge on any atom is -0.395 e. The minimum absolute atomic E-state index is 0.263. The first-order valence-corrected chi connectivity index (χ1v) is 6.89. The molecule has 1 aliphatic heterocycles. The Morgan fingerprint density at radius 2 is 2.10 bits per heavy atom. The standard InChI is InChI=1S/C13H21N5O2/c1-3-8-10(14)11(17(2)16-8)13(20)18-7-5-4-6-9(18)12(15)19/h9H,3-7,14H2,1-2H3,(H2,15,19). The van der Waals surface area contributed by atoms with Gasteiger partial charge in [-0.3, -0.25) is 14.3 Å². The lowest BCUT2D eigenvalue weighted by Crippen LogP contribution is -2.50. The van der Waals surface area contributed by atoms with Gasteiger partial charge in [0.25, 0.3) is 5.91 Å². The van der Waals surface area contributed by atoms with Crippen LogP contribution < -0.4 is 11.5 Å². The molecule has 1 atom stereocenters. The number of nitrogens with two attached hydrogens (primary N) is 2. The summed E-state index contributed by atoms with van der Waals surface area (Å²) < 4.78 is 1.49. The molecular formula is C13H21N5O2. The number of aryl methyl sites for hydroxylation is 2. The molecule has 2 rings (SSSR count). The predicted molar refractivity (Wildman–Crippen MR) is 74.9 cm³/mol. The quantitative estimate of drug-likeness (QED) is 0.814. The zero-order chi connectivity index (χ0) is 14.9. The maximum Gasteiger partial charge on any atom is 0.274 e. The summed E-state index contributed by atoms with van der Waals surface area (Å²) in [5, 5.41) is 4.24. The van der Waals surface area contributed by atoms with E-state index < -0.39 is 11.9 Å². The van der Waals surface area contributed by atoms with E-state index in [0.29, 0.717) is 36.5 Å². The molecule has 1 unspecified atom stereocenters. The van der Waals surface area contributed by atoms with Crippen LogP contribution in [0, 0.1) is 0 Å². The second-order valence-corrected chi connectivity index (χ2v) is 5.10. The zero-order valence-electron chi connectivity index (χ0n) is 11.9. The Labute approximate surface area is 117 Å². The average molecular weight is 279 g/mol. The van der Waals surface area contributed by atoms with Gasteiger partial charge in [-0.25, -0.2) is 0 Å². The molecule has 1 aromatic rings. The van der Waals surface area contributed by atoms with Gasteiger partial charge in [0.1, 0.15) is 11.7 Å². The second kappa shape index (κ2) is 5.52. The third-order valence-corrected chi connectivity index (χ3v) is 3.79. The van der Waals surface area contributed by atoms with E-state index in [0.717, 1.165) is 12.8 Å². The fourth-order valence-electron chi connectivity index (χ4n) is 2.72. The first kappa shape index (κ1) is 14.4. The van der Waals surface area contributed by atoms with E-state index in [1.165, 1.54) is 9.58 Å². The van der Waals surface area contributed by atoms with E-state index in [2.05, 4.69) is 5.10 Å². The molecule has 2 heterocycles. The van der Waals surface area contributed by atoms with Crippen molar-refractivity contribution in [2.45, 2.75) is 38.6 Å². The van der Waals surface area contributed by atoms with Crippen molar-refractivity contribution in [3.63, 3.8) is 0 Å². The normalized spacial score (nSPS) is 19.1. The number of carbonyl (C=O) groups is 2. The van der Waals surface area contributed by atoms with Gasteiger partial charge in [-0.05, 0) is 25.7 Å². The third-order valence-electron chi connectivity index (χ3n) is 3.79. The number of anilines is 1. The smallest absolute Gasteiger partial charge is 0.274 e. The fraction of sp³-hybridized carbons (Fsp3) is 0.615. The number of piperidine rings is 1. The van der Waals surface area contributed by atoms with Crippen molar-refractivity contribution < 1.29 is 9.59 Å². The summed E-state index contributed by atoms with van der Waals surface area (Å²) in [5.74, 6) is -0.727. The zero-order valence-corrected chi connectivity index (χ0v) is 11.9. The van der Waals surface area contributed by atoms with Crippen molar-refractivity contribution in [1.29, 1.82) is 0 Å². The molecule has 0 aromatic carbocycles. The molecule has 110 valence electrons. The van der Waals surface area contributed by atoms with Crippen LogP contribution >= 0.6 is 0 Å². The monoisotopic (exact) mass is 279 g/mol. The van der Waals surface area contributed by atoms with Gasteiger partial charge in [0.15, 0.2) is 0 Å². The maximum atomic E-state index is 12.7. The van der Waals surface area contributed by atoms with E-state index in [4.69, 9.17) is 11.5 Å². The summed E-state index contributed by atoms with van der Waals surface area (Å²) >= 11 is 0. The van der Waals surface area contributed by atoms with Crippen molar-refractivity contribution in [2.24, 2.45) is 12.8 Å². The van der Waals surface area contributed by atoms with Crippen LogP contribution in [0.3, 0.4) is 0 Å². The van der Waals surface area contributed by atoms with Gasteiger partial charge in [-0.2, -0.15) is 5.10 Å². The molecule has 1 fully saturated rings. The Morgan fingerprint density at radius 3 is 2.65 bits per heavy atom. The van der Waals surface area contributed by atoms with E-state index in [9.17, 15) is 9.59 Å². The van der Waals surface area contributed by atoms with Crippen molar-refractivity contribution in [1.82, 2.24) is 14.7 Å². The number of hydrogen-bond donors (Lipinski definition) is 2. The van der Waals surface area contributed by atoms with Crippen LogP contribution in [-0.2, 0) is 18.3 Å². The summed E-state index contributed by atoms with van der Waals surface area (Å²) in [4.78, 5) is 25.7. The summed E-state index contributed by atoms with van der Waals surface area (Å²) in [5.41, 5.74) is 12.8. The molecule has 7 nitrogen and oxygen atoms in total. The lowest BCUT2D eigenvalue weighted by molar-refractivity contribution is -0.123. The predicted octanol–water partition coefficient (Wildman–Crippen LogP) is 0.0447. The van der Waals surface area contributed by atoms with Crippen LogP contribution in [0.15, 0.2) is 0 Å². The molecule has 7 heteroatoms. The highest BCUT2D eigenvalue weighted by molar-refractivity contribution is 6.00. The summed E-state index contributed by atoms with van der Waals surface area (Å²) in [6.45, 7) is 2.46. The minimum atomic E-state index is -0.546. The SMILES string of the molecule is CCc1nn(C)c(C(=O)N2CCCCC2C(N)=O)c1N. The Hall–Kier alpha value is -2.05. The number of nitrogen functional groups attached to an aromatic ring is 1. The fourth-order valence-corrected chi connectivity index (χ4v) is 2.72. The number of rotatable bonds is 3. The van der Waals surface area contributed by atoms with Gasteiger partial charge in [-0.15, -0.1) is 0 Å². The molecule has 1 aliphatic rings. The maximum absolute atomic E-state index is 12.7. The Bertz CT molecular complexity index is 537. The van der Waals surface area contributed by atoms with Gasteiger partial charge in [0.2, 0.25) is 5.91 Å². The van der Waals surface area contributed by atoms with Crippen LogP contribution in [0.2, 0.25) is 0 Å². The molecule has 1 saturated heterocycles. The van der Waals surface area contributed by atoms with Crippen LogP contribution in [-0.4, -0.2) is 39.1 Å². The molecule has 20 heavy (non-hydrogen) atoms. The molecule has 0 saturated carbocycles. The van der Waals surface area contributed by atoms with E-state index in [1.54, 1.807) is 7.05 Å². The van der Waals surface area contributed by atoms with E-state index in [1.807, 2.05) is 6.92 Å². The highest BCUT2D eigenvalue weighted by Crippen LogP contribution is 2.23. The lowest BCUT2D eigenvalue weighted by Gasteiger charge is -2.33. The van der Waals surface area contributed by atoms with E-state index >= 15 is 0 Å². The van der Waals surface area contributed by atoms with Gasteiger partial charge in [0.05, 0.1) is 11.4 Å². The van der Waals surface area contributed by atoms with Crippen molar-refractivity contribution in [3.05, 3.63) is 11.4 Å². The Kier molecular flexibility index (Phi) is 3.96. The first-order valence-electron chi connectivity index (χ1n) is 6.89. The number of primary amides is 1. The largest absolute Gasteiger partial charge is 0.395 e. The first-order chi connectivity index (χ1) is 9.47. The summed E-state index contributed by atoms with van der Waals surface area (Å²) in [6, 6.07) is -0.546. The lowest BCUT2D eigenvalue weighted by atomic mass is 10.0. The van der Waals surface area contributed by atoms with Crippen LogP contribution in [0.1, 0.15) is 42.4 Å². The van der Waals surface area contributed by atoms with Crippen LogP contribution in [0.4, 0.5) is 5.69 Å². The highest BCUT2D eigenvalue weighted by Gasteiger charge is 2.34. The third kappa shape index (κ3) is 2.35. The molecule has 0 bridgehead atoms. The number of carbonyl (C=O) groups excluding carboxylic acids is 2. The van der Waals surface area contributed by atoms with Crippen molar-refractivity contribution in [3.8, 4) is 0 Å². The van der Waals surface area contributed by atoms with E-state index in [-0.39, 0.29) is 5.91 Å². The molecule has 0 radical (unpaired) electrons. The number of amides is 2. The van der Waals surface area contributed by atoms with Gasteiger partial charge in [-0.1, -0.05) is 6.92 Å². The summed E-state index contributed by atoms with van der Waals surface area (Å²) in [6.07, 6.45) is 3.04.